The number of nitrogens with zero attached hydrogens (tertiary/aromatic N) is 3. The van der Waals surface area contributed by atoms with Gasteiger partial charge in [-0.2, -0.15) is 0 Å². The van der Waals surface area contributed by atoms with Crippen molar-refractivity contribution < 1.29 is 9.53 Å². The minimum Gasteiger partial charge on any atom is -0.497 e. The van der Waals surface area contributed by atoms with Crippen molar-refractivity contribution in [3.63, 3.8) is 0 Å². The summed E-state index contributed by atoms with van der Waals surface area (Å²) in [5, 5.41) is 0.753. The molecule has 2 aromatic carbocycles. The zero-order valence-corrected chi connectivity index (χ0v) is 15.9. The number of benzene rings is 2. The van der Waals surface area contributed by atoms with Crippen LogP contribution in [0.2, 0.25) is 0 Å². The van der Waals surface area contributed by atoms with Crippen molar-refractivity contribution in [3.8, 4) is 11.4 Å². The highest BCUT2D eigenvalue weighted by atomic mass is 32.2. The molecule has 6 heteroatoms. The van der Waals surface area contributed by atoms with Gasteiger partial charge in [0, 0.05) is 30.7 Å². The third-order valence-corrected chi connectivity index (χ3v) is 4.90. The smallest absolute Gasteiger partial charge is 0.237 e. The first kappa shape index (κ1) is 18.8. The van der Waals surface area contributed by atoms with E-state index in [1.54, 1.807) is 24.3 Å². The van der Waals surface area contributed by atoms with Gasteiger partial charge in [-0.25, -0.2) is 4.98 Å². The number of amides is 1. The molecule has 3 aromatic rings. The Kier molecular flexibility index (Phi) is 6.33. The summed E-state index contributed by atoms with van der Waals surface area (Å²) in [7, 11) is 1.64. The molecule has 0 N–H and O–H groups in total. The van der Waals surface area contributed by atoms with Gasteiger partial charge in [-0.1, -0.05) is 42.1 Å². The standard InChI is InChI=1S/C21H21N3O2S/c1-3-13-23(17-8-5-4-6-9-17)20(25)16-27-21-22-12-14-24(21)18-10-7-11-19(15-18)26-2/h3-12,14-15H,1,13,16H2,2H3. The Morgan fingerprint density at radius 1 is 1.26 bits per heavy atom. The van der Waals surface area contributed by atoms with Crippen LogP contribution in [0, 0.1) is 0 Å². The number of para-hydroxylation sites is 1. The molecular weight excluding hydrogens is 358 g/mol. The number of hydrogen-bond donors (Lipinski definition) is 0. The molecule has 0 aliphatic carbocycles. The molecule has 0 radical (unpaired) electrons. The van der Waals surface area contributed by atoms with Crippen LogP contribution in [-0.4, -0.2) is 34.9 Å². The van der Waals surface area contributed by atoms with Crippen LogP contribution in [0.25, 0.3) is 5.69 Å². The highest BCUT2D eigenvalue weighted by molar-refractivity contribution is 7.99. The highest BCUT2D eigenvalue weighted by Crippen LogP contribution is 2.24. The highest BCUT2D eigenvalue weighted by Gasteiger charge is 2.16. The van der Waals surface area contributed by atoms with Gasteiger partial charge in [0.1, 0.15) is 5.75 Å². The number of imidazole rings is 1. The van der Waals surface area contributed by atoms with E-state index in [9.17, 15) is 4.79 Å². The van der Waals surface area contributed by atoms with E-state index in [2.05, 4.69) is 11.6 Å². The number of hydrogen-bond acceptors (Lipinski definition) is 4. The topological polar surface area (TPSA) is 47.4 Å². The first-order chi connectivity index (χ1) is 13.2. The van der Waals surface area contributed by atoms with Crippen LogP contribution in [0.5, 0.6) is 5.75 Å². The molecule has 5 nitrogen and oxygen atoms in total. The van der Waals surface area contributed by atoms with Gasteiger partial charge < -0.3 is 9.64 Å². The summed E-state index contributed by atoms with van der Waals surface area (Å²) in [6, 6.07) is 17.3. The lowest BCUT2D eigenvalue weighted by Crippen LogP contribution is -2.32. The number of aromatic nitrogens is 2. The lowest BCUT2D eigenvalue weighted by Gasteiger charge is -2.21. The number of carbonyl (C=O) groups excluding carboxylic acids is 1. The molecule has 0 saturated heterocycles. The van der Waals surface area contributed by atoms with Gasteiger partial charge in [-0.3, -0.25) is 9.36 Å². The maximum Gasteiger partial charge on any atom is 0.237 e. The molecule has 1 heterocycles. The van der Waals surface area contributed by atoms with E-state index in [1.807, 2.05) is 65.4 Å². The second kappa shape index (κ2) is 9.09. The van der Waals surface area contributed by atoms with E-state index in [-0.39, 0.29) is 11.7 Å². The lowest BCUT2D eigenvalue weighted by molar-refractivity contribution is -0.116. The van der Waals surface area contributed by atoms with Gasteiger partial charge in [0.15, 0.2) is 5.16 Å². The quantitative estimate of drug-likeness (QED) is 0.435. The van der Waals surface area contributed by atoms with Gasteiger partial charge in [0.2, 0.25) is 5.91 Å². The van der Waals surface area contributed by atoms with E-state index in [1.165, 1.54) is 11.8 Å². The Bertz CT molecular complexity index is 909. The fourth-order valence-electron chi connectivity index (χ4n) is 2.65. The van der Waals surface area contributed by atoms with Gasteiger partial charge in [0.25, 0.3) is 0 Å². The molecule has 27 heavy (non-hydrogen) atoms. The molecule has 0 aliphatic heterocycles. The van der Waals surface area contributed by atoms with E-state index in [4.69, 9.17) is 4.74 Å². The Morgan fingerprint density at radius 2 is 2.07 bits per heavy atom. The van der Waals surface area contributed by atoms with Crippen molar-refractivity contribution in [1.82, 2.24) is 9.55 Å². The predicted molar refractivity (Wildman–Crippen MR) is 110 cm³/mol. The second-order valence-electron chi connectivity index (χ2n) is 5.70. The molecule has 0 saturated carbocycles. The van der Waals surface area contributed by atoms with Crippen LogP contribution in [0.15, 0.2) is 84.8 Å². The number of methoxy groups -OCH3 is 1. The van der Waals surface area contributed by atoms with Crippen LogP contribution in [0.4, 0.5) is 5.69 Å². The van der Waals surface area contributed by atoms with Crippen molar-refractivity contribution >= 4 is 23.4 Å². The third-order valence-electron chi connectivity index (χ3n) is 3.94. The van der Waals surface area contributed by atoms with Crippen LogP contribution >= 0.6 is 11.8 Å². The summed E-state index contributed by atoms with van der Waals surface area (Å²) in [5.74, 6) is 1.06. The maximum absolute atomic E-state index is 12.8. The summed E-state index contributed by atoms with van der Waals surface area (Å²) >= 11 is 1.40. The van der Waals surface area contributed by atoms with Crippen molar-refractivity contribution in [2.75, 3.05) is 24.3 Å². The molecule has 138 valence electrons. The Morgan fingerprint density at radius 3 is 2.81 bits per heavy atom. The third kappa shape index (κ3) is 4.60. The van der Waals surface area contributed by atoms with Gasteiger partial charge in [-0.15, -0.1) is 6.58 Å². The summed E-state index contributed by atoms with van der Waals surface area (Å²) in [5.41, 5.74) is 1.80. The van der Waals surface area contributed by atoms with Crippen LogP contribution < -0.4 is 9.64 Å². The van der Waals surface area contributed by atoms with Crippen molar-refractivity contribution in [2.45, 2.75) is 5.16 Å². The van der Waals surface area contributed by atoms with Crippen LogP contribution in [0.1, 0.15) is 0 Å². The molecule has 1 aromatic heterocycles. The summed E-state index contributed by atoms with van der Waals surface area (Å²) < 4.78 is 7.23. The summed E-state index contributed by atoms with van der Waals surface area (Å²) in [6.07, 6.45) is 5.33. The van der Waals surface area contributed by atoms with E-state index in [0.717, 1.165) is 22.3 Å². The van der Waals surface area contributed by atoms with Crippen molar-refractivity contribution in [2.24, 2.45) is 0 Å². The fourth-order valence-corrected chi connectivity index (χ4v) is 3.49. The Labute approximate surface area is 163 Å². The zero-order valence-electron chi connectivity index (χ0n) is 15.1. The fraction of sp³-hybridized carbons (Fsp3) is 0.143. The molecule has 0 unspecified atom stereocenters. The minimum atomic E-state index is 0.00583. The molecular formula is C21H21N3O2S. The monoisotopic (exact) mass is 379 g/mol. The van der Waals surface area contributed by atoms with E-state index >= 15 is 0 Å². The largest absolute Gasteiger partial charge is 0.497 e. The molecule has 3 rings (SSSR count). The van der Waals surface area contributed by atoms with E-state index < -0.39 is 0 Å². The van der Waals surface area contributed by atoms with Gasteiger partial charge in [0.05, 0.1) is 18.6 Å². The molecule has 0 atom stereocenters. The molecule has 0 aliphatic rings. The van der Waals surface area contributed by atoms with Gasteiger partial charge in [-0.05, 0) is 24.3 Å². The average Bonchev–Trinajstić information content (AvgIpc) is 3.19. The number of rotatable bonds is 8. The van der Waals surface area contributed by atoms with Crippen LogP contribution in [0.3, 0.4) is 0 Å². The molecule has 1 amide bonds. The normalized spacial score (nSPS) is 10.4. The summed E-state index contributed by atoms with van der Waals surface area (Å²) in [6.45, 7) is 4.23. The molecule has 0 spiro atoms. The first-order valence-corrected chi connectivity index (χ1v) is 9.48. The SMILES string of the molecule is C=CCN(C(=O)CSc1nccn1-c1cccc(OC)c1)c1ccccc1. The van der Waals surface area contributed by atoms with Crippen molar-refractivity contribution in [3.05, 3.63) is 79.6 Å². The number of thioether (sulfide) groups is 1. The Balaban J connectivity index is 1.74. The lowest BCUT2D eigenvalue weighted by atomic mass is 10.3. The molecule has 0 fully saturated rings. The Hall–Kier alpha value is -2.99. The maximum atomic E-state index is 12.8. The first-order valence-electron chi connectivity index (χ1n) is 8.50. The summed E-state index contributed by atoms with van der Waals surface area (Å²) in [4.78, 5) is 18.9. The number of carbonyl (C=O) groups is 1. The predicted octanol–water partition coefficient (Wildman–Crippen LogP) is 4.19. The number of anilines is 1. The second-order valence-corrected chi connectivity index (χ2v) is 6.64. The van der Waals surface area contributed by atoms with Crippen molar-refractivity contribution in [1.29, 1.82) is 0 Å². The molecule has 0 bridgehead atoms. The number of ether oxygens (including phenoxy) is 1. The van der Waals surface area contributed by atoms with Crippen LogP contribution in [-0.2, 0) is 4.79 Å². The minimum absolute atomic E-state index is 0.00583. The average molecular weight is 379 g/mol. The van der Waals surface area contributed by atoms with Gasteiger partial charge >= 0.3 is 0 Å². The zero-order chi connectivity index (χ0) is 19.1. The van der Waals surface area contributed by atoms with E-state index in [0.29, 0.717) is 6.54 Å².